The summed E-state index contributed by atoms with van der Waals surface area (Å²) in [5.41, 5.74) is 2.34. The summed E-state index contributed by atoms with van der Waals surface area (Å²) in [5, 5.41) is 2.93. The summed E-state index contributed by atoms with van der Waals surface area (Å²) in [7, 11) is 0. The molecule has 2 amide bonds. The molecule has 1 heterocycles. The first-order valence-corrected chi connectivity index (χ1v) is 12.2. The van der Waals surface area contributed by atoms with E-state index in [1.54, 1.807) is 29.2 Å². The summed E-state index contributed by atoms with van der Waals surface area (Å²) in [6, 6.07) is 19.5. The van der Waals surface area contributed by atoms with Crippen molar-refractivity contribution in [1.82, 2.24) is 9.80 Å². The molecule has 1 aliphatic heterocycles. The third kappa shape index (κ3) is 7.02. The molecule has 36 heavy (non-hydrogen) atoms. The van der Waals surface area contributed by atoms with Gasteiger partial charge in [-0.25, -0.2) is 13.6 Å². The van der Waals surface area contributed by atoms with Gasteiger partial charge in [0.15, 0.2) is 0 Å². The highest BCUT2D eigenvalue weighted by atomic mass is 19.1. The first kappa shape index (κ1) is 25.6. The van der Waals surface area contributed by atoms with E-state index in [-0.39, 0.29) is 17.7 Å². The van der Waals surface area contributed by atoms with E-state index < -0.39 is 6.10 Å². The number of ether oxygens (including phenoxy) is 2. The van der Waals surface area contributed by atoms with Gasteiger partial charge in [-0.3, -0.25) is 4.90 Å². The van der Waals surface area contributed by atoms with E-state index in [0.717, 1.165) is 35.7 Å². The molecule has 0 bridgehead atoms. The van der Waals surface area contributed by atoms with Crippen LogP contribution in [-0.2, 0) is 4.74 Å². The zero-order valence-corrected chi connectivity index (χ0v) is 20.3. The van der Waals surface area contributed by atoms with E-state index in [4.69, 9.17) is 9.47 Å². The van der Waals surface area contributed by atoms with Gasteiger partial charge < -0.3 is 19.7 Å². The molecule has 190 valence electrons. The number of benzene rings is 3. The number of urea groups is 1. The Kier molecular flexibility index (Phi) is 8.86. The van der Waals surface area contributed by atoms with Crippen LogP contribution in [0.25, 0.3) is 0 Å². The monoisotopic (exact) mass is 495 g/mol. The number of piperazine rings is 1. The zero-order valence-electron chi connectivity index (χ0n) is 20.3. The molecule has 0 aliphatic carbocycles. The molecule has 0 atom stereocenters. The molecule has 1 saturated heterocycles. The number of carbonyl (C=O) groups excluding carboxylic acids is 1. The zero-order chi connectivity index (χ0) is 25.3. The fraction of sp³-hybridized carbons (Fsp3) is 0.321. The Morgan fingerprint density at radius 1 is 0.861 bits per heavy atom. The number of nitrogens with one attached hydrogen (secondary N) is 1. The molecule has 1 N–H and O–H groups in total. The minimum absolute atomic E-state index is 0.122. The fourth-order valence-corrected chi connectivity index (χ4v) is 4.14. The number of anilines is 1. The van der Waals surface area contributed by atoms with E-state index in [1.807, 2.05) is 31.2 Å². The Balaban J connectivity index is 1.26. The van der Waals surface area contributed by atoms with Gasteiger partial charge in [0, 0.05) is 38.4 Å². The second kappa shape index (κ2) is 12.5. The van der Waals surface area contributed by atoms with Crippen molar-refractivity contribution in [3.8, 4) is 5.75 Å². The summed E-state index contributed by atoms with van der Waals surface area (Å²) in [6.45, 7) is 6.35. The standard InChI is InChI=1S/C28H31F2N3O3/c1-2-35-26-13-11-25(12-14-26)31-28(34)33-17-15-32(16-18-33)19-20-36-27(21-3-7-23(29)8-4-21)22-5-9-24(30)10-6-22/h3-14,27H,2,15-20H2,1H3,(H,31,34). The molecular weight excluding hydrogens is 464 g/mol. The summed E-state index contributed by atoms with van der Waals surface area (Å²) in [5.74, 6) is 0.134. The SMILES string of the molecule is CCOc1ccc(NC(=O)N2CCN(CCOC(c3ccc(F)cc3)c3ccc(F)cc3)CC2)cc1. The van der Waals surface area contributed by atoms with Gasteiger partial charge in [-0.1, -0.05) is 24.3 Å². The molecule has 0 aromatic heterocycles. The molecule has 4 rings (SSSR count). The van der Waals surface area contributed by atoms with Crippen molar-refractivity contribution in [2.45, 2.75) is 13.0 Å². The van der Waals surface area contributed by atoms with Crippen LogP contribution in [0.1, 0.15) is 24.2 Å². The van der Waals surface area contributed by atoms with E-state index in [1.165, 1.54) is 24.3 Å². The Labute approximate surface area is 210 Å². The van der Waals surface area contributed by atoms with E-state index >= 15 is 0 Å². The number of hydrogen-bond acceptors (Lipinski definition) is 4. The van der Waals surface area contributed by atoms with Crippen LogP contribution in [0, 0.1) is 11.6 Å². The average molecular weight is 496 g/mol. The van der Waals surface area contributed by atoms with Gasteiger partial charge >= 0.3 is 6.03 Å². The van der Waals surface area contributed by atoms with Crippen LogP contribution in [0.2, 0.25) is 0 Å². The molecule has 3 aromatic rings. The smallest absolute Gasteiger partial charge is 0.321 e. The van der Waals surface area contributed by atoms with Crippen molar-refractivity contribution in [1.29, 1.82) is 0 Å². The first-order valence-electron chi connectivity index (χ1n) is 12.2. The molecule has 3 aromatic carbocycles. The Morgan fingerprint density at radius 2 is 1.42 bits per heavy atom. The third-order valence-corrected chi connectivity index (χ3v) is 6.11. The quantitative estimate of drug-likeness (QED) is 0.437. The van der Waals surface area contributed by atoms with E-state index in [9.17, 15) is 13.6 Å². The maximum atomic E-state index is 13.4. The van der Waals surface area contributed by atoms with Crippen LogP contribution in [-0.4, -0.2) is 61.8 Å². The lowest BCUT2D eigenvalue weighted by atomic mass is 10.0. The molecule has 8 heteroatoms. The second-order valence-electron chi connectivity index (χ2n) is 8.57. The molecule has 0 radical (unpaired) electrons. The molecule has 0 spiro atoms. The summed E-state index contributed by atoms with van der Waals surface area (Å²) in [6.07, 6.45) is -0.424. The second-order valence-corrected chi connectivity index (χ2v) is 8.57. The van der Waals surface area contributed by atoms with Crippen LogP contribution >= 0.6 is 0 Å². The minimum atomic E-state index is -0.424. The molecule has 0 unspecified atom stereocenters. The normalized spacial score (nSPS) is 14.2. The van der Waals surface area contributed by atoms with E-state index in [2.05, 4.69) is 10.2 Å². The van der Waals surface area contributed by atoms with Crippen LogP contribution in [0.4, 0.5) is 19.3 Å². The van der Waals surface area contributed by atoms with Gasteiger partial charge in [-0.05, 0) is 66.6 Å². The van der Waals surface area contributed by atoms with Crippen molar-refractivity contribution in [3.63, 3.8) is 0 Å². The number of carbonyl (C=O) groups is 1. The first-order chi connectivity index (χ1) is 17.5. The topological polar surface area (TPSA) is 54.0 Å². The largest absolute Gasteiger partial charge is 0.494 e. The maximum absolute atomic E-state index is 13.4. The number of rotatable bonds is 9. The van der Waals surface area contributed by atoms with Gasteiger partial charge in [0.25, 0.3) is 0 Å². The molecule has 1 fully saturated rings. The lowest BCUT2D eigenvalue weighted by Gasteiger charge is -2.34. The maximum Gasteiger partial charge on any atom is 0.321 e. The lowest BCUT2D eigenvalue weighted by molar-refractivity contribution is 0.0498. The van der Waals surface area contributed by atoms with Crippen molar-refractivity contribution in [2.75, 3.05) is 51.3 Å². The van der Waals surface area contributed by atoms with Crippen LogP contribution in [0.3, 0.4) is 0 Å². The number of amides is 2. The number of hydrogen-bond donors (Lipinski definition) is 1. The summed E-state index contributed by atoms with van der Waals surface area (Å²) >= 11 is 0. The van der Waals surface area contributed by atoms with Crippen LogP contribution in [0.15, 0.2) is 72.8 Å². The van der Waals surface area contributed by atoms with Gasteiger partial charge in [-0.2, -0.15) is 0 Å². The van der Waals surface area contributed by atoms with Crippen LogP contribution in [0.5, 0.6) is 5.75 Å². The molecule has 0 saturated carbocycles. The average Bonchev–Trinajstić information content (AvgIpc) is 2.90. The predicted molar refractivity (Wildman–Crippen MR) is 135 cm³/mol. The summed E-state index contributed by atoms with van der Waals surface area (Å²) in [4.78, 5) is 16.7. The predicted octanol–water partition coefficient (Wildman–Crippen LogP) is 5.32. The minimum Gasteiger partial charge on any atom is -0.494 e. The third-order valence-electron chi connectivity index (χ3n) is 6.11. The molecule has 1 aliphatic rings. The highest BCUT2D eigenvalue weighted by Crippen LogP contribution is 2.26. The number of halogens is 2. The molecule has 6 nitrogen and oxygen atoms in total. The van der Waals surface area contributed by atoms with Crippen molar-refractivity contribution in [2.24, 2.45) is 0 Å². The number of nitrogens with zero attached hydrogens (tertiary/aromatic N) is 2. The fourth-order valence-electron chi connectivity index (χ4n) is 4.14. The van der Waals surface area contributed by atoms with Gasteiger partial charge in [0.05, 0.1) is 13.2 Å². The van der Waals surface area contributed by atoms with Gasteiger partial charge in [-0.15, -0.1) is 0 Å². The molecular formula is C28H31F2N3O3. The van der Waals surface area contributed by atoms with Crippen molar-refractivity contribution < 1.29 is 23.0 Å². The lowest BCUT2D eigenvalue weighted by Crippen LogP contribution is -2.50. The van der Waals surface area contributed by atoms with E-state index in [0.29, 0.717) is 32.8 Å². The summed E-state index contributed by atoms with van der Waals surface area (Å²) < 4.78 is 38.5. The Bertz CT molecular complexity index is 1050. The Morgan fingerprint density at radius 3 is 1.94 bits per heavy atom. The van der Waals surface area contributed by atoms with Crippen LogP contribution < -0.4 is 10.1 Å². The van der Waals surface area contributed by atoms with Crippen molar-refractivity contribution in [3.05, 3.63) is 95.6 Å². The Hall–Kier alpha value is -3.49. The van der Waals surface area contributed by atoms with Crippen molar-refractivity contribution >= 4 is 11.7 Å². The van der Waals surface area contributed by atoms with Gasteiger partial charge in [0.2, 0.25) is 0 Å². The highest BCUT2D eigenvalue weighted by Gasteiger charge is 2.22. The highest BCUT2D eigenvalue weighted by molar-refractivity contribution is 5.89. The van der Waals surface area contributed by atoms with Gasteiger partial charge in [0.1, 0.15) is 23.5 Å².